The van der Waals surface area contributed by atoms with Gasteiger partial charge in [-0.1, -0.05) is 24.3 Å². The lowest BCUT2D eigenvalue weighted by molar-refractivity contribution is -0.271. The second-order valence-electron chi connectivity index (χ2n) is 9.96. The molecule has 38 heavy (non-hydrogen) atoms. The number of carbonyl (C=O) groups is 2. The molecule has 2 heterocycles. The molecule has 2 aromatic carbocycles. The molecule has 2 aliphatic rings. The first-order chi connectivity index (χ1) is 18.0. The third-order valence-electron chi connectivity index (χ3n) is 7.10. The van der Waals surface area contributed by atoms with Crippen molar-refractivity contribution in [1.29, 1.82) is 0 Å². The summed E-state index contributed by atoms with van der Waals surface area (Å²) in [6, 6.07) is 11.9. The normalized spacial score (nSPS) is 30.2. The molecule has 0 aromatic heterocycles. The number of carbonyl (C=O) groups excluding carboxylic acids is 1. The maximum Gasteiger partial charge on any atom is 0.335 e. The molecule has 4 rings (SSSR count). The van der Waals surface area contributed by atoms with Crippen LogP contribution in [0, 0.1) is 11.7 Å². The summed E-state index contributed by atoms with van der Waals surface area (Å²) >= 11 is 0. The number of hydrogen-bond acceptors (Lipinski definition) is 8. The lowest BCUT2D eigenvalue weighted by Crippen LogP contribution is -2.61. The fourth-order valence-corrected chi connectivity index (χ4v) is 5.04. The van der Waals surface area contributed by atoms with E-state index >= 15 is 0 Å². The number of halogens is 1. The van der Waals surface area contributed by atoms with Gasteiger partial charge in [-0.25, -0.2) is 9.18 Å². The highest BCUT2D eigenvalue weighted by atomic mass is 19.1. The molecule has 2 aromatic rings. The molecule has 8 atom stereocenters. The van der Waals surface area contributed by atoms with Crippen LogP contribution in [0.5, 0.6) is 5.75 Å². The Morgan fingerprint density at radius 1 is 1.03 bits per heavy atom. The fraction of sp³-hybridized carbons (Fsp3) is 0.481. The van der Waals surface area contributed by atoms with E-state index in [1.54, 1.807) is 29.2 Å². The van der Waals surface area contributed by atoms with Gasteiger partial charge in [-0.2, -0.15) is 0 Å². The number of ether oxygens (including phenoxy) is 2. The lowest BCUT2D eigenvalue weighted by atomic mass is 9.78. The Balaban J connectivity index is 1.45. The molecule has 206 valence electrons. The van der Waals surface area contributed by atoms with Crippen LogP contribution in [0.1, 0.15) is 50.0 Å². The number of benzene rings is 2. The number of carboxylic acid groups (broad SMARTS) is 1. The molecule has 2 fully saturated rings. The first kappa shape index (κ1) is 27.9. The van der Waals surface area contributed by atoms with Crippen LogP contribution >= 0.6 is 0 Å². The molecule has 2 aliphatic heterocycles. The molecule has 0 spiro atoms. The minimum atomic E-state index is -1.82. The number of aliphatic hydroxyl groups excluding tert-OH is 4. The first-order valence-electron chi connectivity index (χ1n) is 12.4. The molecule has 0 saturated carbocycles. The zero-order valence-electron chi connectivity index (χ0n) is 20.9. The third-order valence-corrected chi connectivity index (χ3v) is 7.10. The van der Waals surface area contributed by atoms with Crippen molar-refractivity contribution in [1.82, 2.24) is 4.90 Å². The van der Waals surface area contributed by atoms with Crippen LogP contribution in [0.15, 0.2) is 48.5 Å². The highest BCUT2D eigenvalue weighted by Gasteiger charge is 2.49. The van der Waals surface area contributed by atoms with Crippen molar-refractivity contribution in [3.8, 4) is 5.75 Å². The summed E-state index contributed by atoms with van der Waals surface area (Å²) in [5.41, 5.74) is 1.39. The van der Waals surface area contributed by atoms with Crippen LogP contribution in [-0.4, -0.2) is 79.1 Å². The summed E-state index contributed by atoms with van der Waals surface area (Å²) in [6.07, 6.45) is -8.68. The summed E-state index contributed by atoms with van der Waals surface area (Å²) < 4.78 is 23.9. The van der Waals surface area contributed by atoms with Crippen LogP contribution in [0.25, 0.3) is 0 Å². The molecule has 10 nitrogen and oxygen atoms in total. The monoisotopic (exact) mass is 533 g/mol. The Kier molecular flexibility index (Phi) is 8.34. The third kappa shape index (κ3) is 5.52. The van der Waals surface area contributed by atoms with Crippen molar-refractivity contribution in [3.05, 3.63) is 65.5 Å². The second kappa shape index (κ2) is 11.3. The number of likely N-dealkylation sites (tertiary alicyclic amines) is 1. The van der Waals surface area contributed by atoms with Crippen molar-refractivity contribution in [2.45, 2.75) is 75.6 Å². The molecule has 5 N–H and O–H groups in total. The van der Waals surface area contributed by atoms with Gasteiger partial charge in [0.2, 0.25) is 12.2 Å². The predicted molar refractivity (Wildman–Crippen MR) is 130 cm³/mol. The summed E-state index contributed by atoms with van der Waals surface area (Å²) in [5, 5.41) is 49.7. The number of hydrogen-bond donors (Lipinski definition) is 5. The quantitative estimate of drug-likeness (QED) is 0.302. The highest BCUT2D eigenvalue weighted by molar-refractivity contribution is 5.87. The van der Waals surface area contributed by atoms with Crippen LogP contribution in [0.4, 0.5) is 4.39 Å². The van der Waals surface area contributed by atoms with E-state index < -0.39 is 48.6 Å². The van der Waals surface area contributed by atoms with Crippen molar-refractivity contribution in [2.24, 2.45) is 5.92 Å². The van der Waals surface area contributed by atoms with Crippen LogP contribution in [0.2, 0.25) is 0 Å². The minimum absolute atomic E-state index is 0.0254. The fourth-order valence-electron chi connectivity index (χ4n) is 5.04. The maximum atomic E-state index is 13.2. The van der Waals surface area contributed by atoms with Crippen molar-refractivity contribution in [2.75, 3.05) is 0 Å². The number of nitrogens with zero attached hydrogens (tertiary/aromatic N) is 1. The van der Waals surface area contributed by atoms with E-state index in [9.17, 15) is 39.5 Å². The molecular weight excluding hydrogens is 501 g/mol. The van der Waals surface area contributed by atoms with Gasteiger partial charge in [0.15, 0.2) is 6.10 Å². The molecular formula is C27H32FNO9. The minimum Gasteiger partial charge on any atom is -0.479 e. The largest absolute Gasteiger partial charge is 0.479 e. The summed E-state index contributed by atoms with van der Waals surface area (Å²) in [6.45, 7) is 3.82. The number of carboxylic acids is 1. The summed E-state index contributed by atoms with van der Waals surface area (Å²) in [4.78, 5) is 26.0. The van der Waals surface area contributed by atoms with Gasteiger partial charge >= 0.3 is 5.97 Å². The summed E-state index contributed by atoms with van der Waals surface area (Å²) in [5.74, 6) is -2.07. The van der Waals surface area contributed by atoms with E-state index in [1.165, 1.54) is 24.3 Å². The van der Waals surface area contributed by atoms with E-state index in [-0.39, 0.29) is 29.7 Å². The van der Waals surface area contributed by atoms with Gasteiger partial charge < -0.3 is 39.9 Å². The van der Waals surface area contributed by atoms with Gasteiger partial charge in [-0.3, -0.25) is 4.79 Å². The van der Waals surface area contributed by atoms with E-state index in [0.29, 0.717) is 18.4 Å². The SMILES string of the molecule is CC(C)N1C(=O)C(CC[C@H](O)c2ccc(F)cc2)[C@H]1c1ccc(O[C@@H]2O[C@H](C(=O)O)C(O)[C@H](O)C2O)cc1. The average molecular weight is 534 g/mol. The second-order valence-corrected chi connectivity index (χ2v) is 9.96. The lowest BCUT2D eigenvalue weighted by Gasteiger charge is -2.50. The van der Waals surface area contributed by atoms with E-state index in [2.05, 4.69) is 0 Å². The van der Waals surface area contributed by atoms with E-state index in [0.717, 1.165) is 5.56 Å². The molecule has 11 heteroatoms. The Hall–Kier alpha value is -3.09. The summed E-state index contributed by atoms with van der Waals surface area (Å²) in [7, 11) is 0. The molecule has 0 radical (unpaired) electrons. The number of β-lactam (4-membered cyclic amide) rings is 1. The molecule has 2 saturated heterocycles. The molecule has 1 amide bonds. The standard InChI is InChI=1S/C27H32FNO9/c1-13(2)29-20(18(25(29)34)11-12-19(30)14-3-7-16(28)8-4-14)15-5-9-17(10-6-15)37-27-23(33)21(31)22(32)24(38-27)26(35)36/h3-10,13,18-24,27,30-33H,11-12H2,1-2H3,(H,35,36)/t18?,19-,20+,21-,22?,23?,24-,27+/m0/s1. The number of aliphatic hydroxyl groups is 4. The Morgan fingerprint density at radius 2 is 1.66 bits per heavy atom. The van der Waals surface area contributed by atoms with Crippen LogP contribution in [0.3, 0.4) is 0 Å². The maximum absolute atomic E-state index is 13.2. The zero-order chi connectivity index (χ0) is 27.7. The molecule has 3 unspecified atom stereocenters. The molecule has 0 bridgehead atoms. The van der Waals surface area contributed by atoms with Gasteiger partial charge in [0.05, 0.1) is 18.1 Å². The Morgan fingerprint density at radius 3 is 2.24 bits per heavy atom. The van der Waals surface area contributed by atoms with Crippen molar-refractivity contribution in [3.63, 3.8) is 0 Å². The van der Waals surface area contributed by atoms with E-state index in [4.69, 9.17) is 9.47 Å². The smallest absolute Gasteiger partial charge is 0.335 e. The van der Waals surface area contributed by atoms with Crippen LogP contribution in [-0.2, 0) is 14.3 Å². The van der Waals surface area contributed by atoms with Gasteiger partial charge in [-0.15, -0.1) is 0 Å². The zero-order valence-corrected chi connectivity index (χ0v) is 20.9. The first-order valence-corrected chi connectivity index (χ1v) is 12.4. The Bertz CT molecular complexity index is 1130. The number of aliphatic carboxylic acids is 1. The Labute approximate surface area is 218 Å². The van der Waals surface area contributed by atoms with Gasteiger partial charge in [-0.05, 0) is 62.1 Å². The van der Waals surface area contributed by atoms with Crippen molar-refractivity contribution < 1.29 is 49.0 Å². The average Bonchev–Trinajstić information content (AvgIpc) is 2.88. The molecule has 0 aliphatic carbocycles. The van der Waals surface area contributed by atoms with Crippen molar-refractivity contribution >= 4 is 11.9 Å². The van der Waals surface area contributed by atoms with Gasteiger partial charge in [0.25, 0.3) is 0 Å². The topological polar surface area (TPSA) is 157 Å². The predicted octanol–water partition coefficient (Wildman–Crippen LogP) is 1.52. The van der Waals surface area contributed by atoms with Gasteiger partial charge in [0.1, 0.15) is 29.9 Å². The highest BCUT2D eigenvalue weighted by Crippen LogP contribution is 2.45. The van der Waals surface area contributed by atoms with Crippen LogP contribution < -0.4 is 4.74 Å². The number of rotatable bonds is 9. The number of amides is 1. The van der Waals surface area contributed by atoms with E-state index in [1.807, 2.05) is 13.8 Å². The van der Waals surface area contributed by atoms with Gasteiger partial charge in [0, 0.05) is 6.04 Å².